The van der Waals surface area contributed by atoms with Gasteiger partial charge in [0.2, 0.25) is 0 Å². The first kappa shape index (κ1) is 22.1. The number of phenolic OH excluding ortho intramolecular Hbond substituents is 1. The topological polar surface area (TPSA) is 144 Å². The maximum absolute atomic E-state index is 10.3. The largest absolute Gasteiger partial charge is 0.502 e. The number of nitro groups is 1. The molecule has 0 spiro atoms. The smallest absolute Gasteiger partial charge is 0.327 e. The Bertz CT molecular complexity index is 562. The van der Waals surface area contributed by atoms with Gasteiger partial charge >= 0.3 is 23.6 Å². The van der Waals surface area contributed by atoms with Gasteiger partial charge in [-0.25, -0.2) is 4.79 Å². The van der Waals surface area contributed by atoms with E-state index < -0.39 is 22.8 Å². The fourth-order valence-electron chi connectivity index (χ4n) is 1.08. The number of aliphatic carboxylic acids is 1. The van der Waals surface area contributed by atoms with E-state index in [4.69, 9.17) is 10.2 Å². The van der Waals surface area contributed by atoms with E-state index in [1.54, 1.807) is 19.1 Å². The van der Waals surface area contributed by atoms with Crippen LogP contribution in [0.25, 0.3) is 0 Å². The average molecular weight is 327 g/mol. The van der Waals surface area contributed by atoms with E-state index >= 15 is 0 Å². The third-order valence-corrected chi connectivity index (χ3v) is 1.86. The summed E-state index contributed by atoms with van der Waals surface area (Å²) in [7, 11) is 0. The summed E-state index contributed by atoms with van der Waals surface area (Å²) in [4.78, 5) is 38.6. The van der Waals surface area contributed by atoms with Crippen LogP contribution in [0.15, 0.2) is 30.9 Å². The Morgan fingerprint density at radius 2 is 1.70 bits per heavy atom. The number of carboxylic acid groups (broad SMARTS) is 1. The molecule has 0 aliphatic carbocycles. The van der Waals surface area contributed by atoms with Crippen molar-refractivity contribution < 1.29 is 34.3 Å². The Morgan fingerprint density at radius 1 is 1.26 bits per heavy atom. The first-order valence-electron chi connectivity index (χ1n) is 6.00. The van der Waals surface area contributed by atoms with Crippen LogP contribution in [0.5, 0.6) is 5.75 Å². The number of carbonyl (C=O) groups excluding carboxylic acids is 2. The molecule has 2 N–H and O–H groups in total. The van der Waals surface area contributed by atoms with E-state index in [0.29, 0.717) is 5.56 Å². The molecule has 1 rings (SSSR count). The van der Waals surface area contributed by atoms with Crippen molar-refractivity contribution in [2.24, 2.45) is 0 Å². The van der Waals surface area contributed by atoms with Crippen LogP contribution in [0.2, 0.25) is 0 Å². The summed E-state index contributed by atoms with van der Waals surface area (Å²) in [5.41, 5.74) is 0.252. The second-order valence-corrected chi connectivity index (χ2v) is 3.83. The Labute approximate surface area is 132 Å². The van der Waals surface area contributed by atoms with Gasteiger partial charge in [-0.15, -0.1) is 0 Å². The third kappa shape index (κ3) is 12.2. The van der Waals surface area contributed by atoms with Crippen molar-refractivity contribution in [3.8, 4) is 5.75 Å². The predicted octanol–water partition coefficient (Wildman–Crippen LogP) is 1.96. The van der Waals surface area contributed by atoms with Gasteiger partial charge in [0.1, 0.15) is 0 Å². The van der Waals surface area contributed by atoms with Crippen LogP contribution >= 0.6 is 0 Å². The lowest BCUT2D eigenvalue weighted by atomic mass is 10.2. The maximum atomic E-state index is 10.3. The SMILES string of the molecule is C=CC(=O)O.CC(=O)OC(C)=O.Cc1cccc(O)c1[N+](=O)[O-]. The highest BCUT2D eigenvalue weighted by atomic mass is 16.6. The van der Waals surface area contributed by atoms with Gasteiger partial charge in [0.15, 0.2) is 5.75 Å². The number of nitrogens with zero attached hydrogens (tertiary/aromatic N) is 1. The van der Waals surface area contributed by atoms with Crippen molar-refractivity contribution in [1.29, 1.82) is 0 Å². The van der Waals surface area contributed by atoms with Crippen molar-refractivity contribution in [3.63, 3.8) is 0 Å². The van der Waals surface area contributed by atoms with Crippen molar-refractivity contribution in [2.75, 3.05) is 0 Å². The maximum Gasteiger partial charge on any atom is 0.327 e. The molecule has 1 aromatic rings. The molecule has 23 heavy (non-hydrogen) atoms. The van der Waals surface area contributed by atoms with Gasteiger partial charge in [-0.05, 0) is 13.0 Å². The fraction of sp³-hybridized carbons (Fsp3) is 0.214. The minimum absolute atomic E-state index is 0.215. The average Bonchev–Trinajstić information content (AvgIpc) is 2.37. The van der Waals surface area contributed by atoms with Crippen LogP contribution in [-0.4, -0.2) is 33.0 Å². The second-order valence-electron chi connectivity index (χ2n) is 3.83. The summed E-state index contributed by atoms with van der Waals surface area (Å²) >= 11 is 0. The molecule has 0 aliphatic rings. The number of carbonyl (C=O) groups is 3. The van der Waals surface area contributed by atoms with Crippen LogP contribution in [0, 0.1) is 17.0 Å². The second kappa shape index (κ2) is 11.4. The molecule has 0 fully saturated rings. The standard InChI is InChI=1S/C7H7NO3.C4H6O3.C3H4O2/c1-5-3-2-4-6(9)7(5)8(10)11;1-3(5)7-4(2)6;1-2-3(4)5/h2-4,9H,1H3;1-2H3;2H,1H2,(H,4,5). The quantitative estimate of drug-likeness (QED) is 0.276. The first-order valence-corrected chi connectivity index (χ1v) is 6.00. The number of para-hydroxylation sites is 1. The molecule has 0 unspecified atom stereocenters. The minimum atomic E-state index is -0.981. The molecular formula is C14H17NO8. The number of benzene rings is 1. The molecule has 0 heterocycles. The summed E-state index contributed by atoms with van der Waals surface area (Å²) in [6, 6.07) is 4.45. The molecule has 0 saturated carbocycles. The molecule has 0 atom stereocenters. The lowest BCUT2D eigenvalue weighted by Gasteiger charge is -1.97. The molecule has 0 radical (unpaired) electrons. The van der Waals surface area contributed by atoms with Crippen LogP contribution in [-0.2, 0) is 19.1 Å². The van der Waals surface area contributed by atoms with Crippen molar-refractivity contribution in [1.82, 2.24) is 0 Å². The van der Waals surface area contributed by atoms with Crippen LogP contribution < -0.4 is 0 Å². The molecule has 0 aliphatic heterocycles. The Balaban J connectivity index is 0. The highest BCUT2D eigenvalue weighted by molar-refractivity contribution is 5.82. The number of aryl methyl sites for hydroxylation is 1. The van der Waals surface area contributed by atoms with Gasteiger partial charge in [0.25, 0.3) is 0 Å². The number of phenols is 1. The van der Waals surface area contributed by atoms with Crippen molar-refractivity contribution in [3.05, 3.63) is 46.5 Å². The summed E-state index contributed by atoms with van der Waals surface area (Å²) in [6.07, 6.45) is 0.833. The number of ether oxygens (including phenoxy) is 1. The normalized spacial score (nSPS) is 8.30. The fourth-order valence-corrected chi connectivity index (χ4v) is 1.08. The van der Waals surface area contributed by atoms with Crippen molar-refractivity contribution in [2.45, 2.75) is 20.8 Å². The number of hydrogen-bond acceptors (Lipinski definition) is 7. The van der Waals surface area contributed by atoms with E-state index in [1.807, 2.05) is 0 Å². The Morgan fingerprint density at radius 3 is 1.87 bits per heavy atom. The summed E-state index contributed by atoms with van der Waals surface area (Å²) in [5, 5.41) is 26.9. The zero-order chi connectivity index (χ0) is 18.6. The van der Waals surface area contributed by atoms with Gasteiger partial charge < -0.3 is 14.9 Å². The molecule has 0 saturated heterocycles. The number of hydrogen-bond donors (Lipinski definition) is 2. The van der Waals surface area contributed by atoms with Gasteiger partial charge in [0, 0.05) is 25.5 Å². The van der Waals surface area contributed by atoms with Gasteiger partial charge in [-0.1, -0.05) is 18.7 Å². The monoisotopic (exact) mass is 327 g/mol. The molecule has 9 heteroatoms. The number of aromatic hydroxyl groups is 1. The Hall–Kier alpha value is -3.23. The summed E-state index contributed by atoms with van der Waals surface area (Å²) in [6.45, 7) is 6.91. The van der Waals surface area contributed by atoms with Crippen molar-refractivity contribution >= 4 is 23.6 Å². The molecule has 0 amide bonds. The van der Waals surface area contributed by atoms with Gasteiger partial charge in [-0.3, -0.25) is 19.7 Å². The minimum Gasteiger partial charge on any atom is -0.502 e. The van der Waals surface area contributed by atoms with Crippen LogP contribution in [0.1, 0.15) is 19.4 Å². The molecule has 1 aromatic carbocycles. The number of nitro benzene ring substituents is 1. The highest BCUT2D eigenvalue weighted by Crippen LogP contribution is 2.28. The van der Waals surface area contributed by atoms with Gasteiger partial charge in [-0.2, -0.15) is 0 Å². The van der Waals surface area contributed by atoms with E-state index in [2.05, 4.69) is 11.3 Å². The number of rotatable bonds is 2. The highest BCUT2D eigenvalue weighted by Gasteiger charge is 2.14. The lowest BCUT2D eigenvalue weighted by Crippen LogP contribution is -2.03. The van der Waals surface area contributed by atoms with Gasteiger partial charge in [0.05, 0.1) is 4.92 Å². The molecule has 126 valence electrons. The van der Waals surface area contributed by atoms with Crippen LogP contribution in [0.4, 0.5) is 5.69 Å². The predicted molar refractivity (Wildman–Crippen MR) is 79.8 cm³/mol. The zero-order valence-corrected chi connectivity index (χ0v) is 12.8. The van der Waals surface area contributed by atoms with E-state index in [-0.39, 0.29) is 11.4 Å². The number of carboxylic acids is 1. The van der Waals surface area contributed by atoms with E-state index in [9.17, 15) is 24.5 Å². The summed E-state index contributed by atoms with van der Waals surface area (Å²) in [5.74, 6) is -2.39. The zero-order valence-electron chi connectivity index (χ0n) is 12.8. The third-order valence-electron chi connectivity index (χ3n) is 1.86. The first-order chi connectivity index (χ1) is 10.5. The molecular weight excluding hydrogens is 310 g/mol. The van der Waals surface area contributed by atoms with E-state index in [1.165, 1.54) is 19.9 Å². The number of esters is 2. The molecule has 0 aromatic heterocycles. The summed E-state index contributed by atoms with van der Waals surface area (Å²) < 4.78 is 3.97. The van der Waals surface area contributed by atoms with E-state index in [0.717, 1.165) is 6.08 Å². The lowest BCUT2D eigenvalue weighted by molar-refractivity contribution is -0.386. The molecule has 9 nitrogen and oxygen atoms in total. The Kier molecular flexibility index (Phi) is 11.0. The molecule has 0 bridgehead atoms. The van der Waals surface area contributed by atoms with Crippen LogP contribution in [0.3, 0.4) is 0 Å².